The Labute approximate surface area is 131 Å². The number of nitrogens with two attached hydrogens (primary N) is 1. The molecule has 21 heavy (non-hydrogen) atoms. The lowest BCUT2D eigenvalue weighted by Gasteiger charge is -2.38. The van der Waals surface area contributed by atoms with Crippen LogP contribution < -0.4 is 5.73 Å². The van der Waals surface area contributed by atoms with E-state index < -0.39 is 0 Å². The summed E-state index contributed by atoms with van der Waals surface area (Å²) < 4.78 is 13.5. The van der Waals surface area contributed by atoms with Crippen molar-refractivity contribution in [2.75, 3.05) is 26.2 Å². The Kier molecular flexibility index (Phi) is 5.67. The van der Waals surface area contributed by atoms with Gasteiger partial charge in [-0.05, 0) is 37.1 Å². The predicted octanol–water partition coefficient (Wildman–Crippen LogP) is 2.38. The first-order valence-electron chi connectivity index (χ1n) is 7.56. The molecule has 2 N–H and O–H groups in total. The fourth-order valence-corrected chi connectivity index (χ4v) is 2.99. The summed E-state index contributed by atoms with van der Waals surface area (Å²) in [5, 5.41) is 0. The first kappa shape index (κ1) is 16.3. The fraction of sp³-hybridized carbons (Fsp3) is 0.562. The molecule has 1 aliphatic heterocycles. The van der Waals surface area contributed by atoms with Gasteiger partial charge in [0.1, 0.15) is 10.8 Å². The van der Waals surface area contributed by atoms with Crippen LogP contribution in [-0.2, 0) is 6.54 Å². The summed E-state index contributed by atoms with van der Waals surface area (Å²) >= 11 is 5.06. The SMILES string of the molecule is CCC(C)N1CCN(Cc2cc(F)ccc2C(N)=S)CC1. The van der Waals surface area contributed by atoms with E-state index in [4.69, 9.17) is 18.0 Å². The highest BCUT2D eigenvalue weighted by Crippen LogP contribution is 2.16. The van der Waals surface area contributed by atoms with E-state index in [1.165, 1.54) is 12.5 Å². The molecule has 1 heterocycles. The molecule has 0 radical (unpaired) electrons. The Morgan fingerprint density at radius 2 is 2.00 bits per heavy atom. The third kappa shape index (κ3) is 4.22. The predicted molar refractivity (Wildman–Crippen MR) is 88.9 cm³/mol. The number of hydrogen-bond acceptors (Lipinski definition) is 3. The van der Waals surface area contributed by atoms with Crippen LogP contribution in [-0.4, -0.2) is 47.0 Å². The van der Waals surface area contributed by atoms with Crippen molar-refractivity contribution in [3.05, 3.63) is 35.1 Å². The summed E-state index contributed by atoms with van der Waals surface area (Å²) in [6.07, 6.45) is 1.18. The van der Waals surface area contributed by atoms with E-state index in [1.807, 2.05) is 0 Å². The van der Waals surface area contributed by atoms with Gasteiger partial charge in [0.2, 0.25) is 0 Å². The number of benzene rings is 1. The molecule has 0 aliphatic carbocycles. The molecule has 0 amide bonds. The Hall–Kier alpha value is -1.04. The summed E-state index contributed by atoms with van der Waals surface area (Å²) in [6.45, 7) is 9.32. The van der Waals surface area contributed by atoms with E-state index >= 15 is 0 Å². The zero-order valence-electron chi connectivity index (χ0n) is 12.8. The van der Waals surface area contributed by atoms with E-state index in [1.54, 1.807) is 12.1 Å². The zero-order chi connectivity index (χ0) is 15.4. The minimum absolute atomic E-state index is 0.233. The second kappa shape index (κ2) is 7.29. The van der Waals surface area contributed by atoms with E-state index in [0.717, 1.165) is 37.3 Å². The smallest absolute Gasteiger partial charge is 0.123 e. The van der Waals surface area contributed by atoms with Crippen molar-refractivity contribution >= 4 is 17.2 Å². The Morgan fingerprint density at radius 3 is 2.57 bits per heavy atom. The van der Waals surface area contributed by atoms with Crippen molar-refractivity contribution in [1.29, 1.82) is 0 Å². The van der Waals surface area contributed by atoms with Gasteiger partial charge in [-0.15, -0.1) is 0 Å². The van der Waals surface area contributed by atoms with Gasteiger partial charge in [-0.2, -0.15) is 0 Å². The monoisotopic (exact) mass is 309 g/mol. The van der Waals surface area contributed by atoms with Crippen LogP contribution in [0.15, 0.2) is 18.2 Å². The van der Waals surface area contributed by atoms with Crippen molar-refractivity contribution in [3.63, 3.8) is 0 Å². The minimum Gasteiger partial charge on any atom is -0.389 e. The Balaban J connectivity index is 2.00. The van der Waals surface area contributed by atoms with Gasteiger partial charge >= 0.3 is 0 Å². The fourth-order valence-electron chi connectivity index (χ4n) is 2.79. The van der Waals surface area contributed by atoms with E-state index in [-0.39, 0.29) is 5.82 Å². The normalized spacial score (nSPS) is 18.6. The van der Waals surface area contributed by atoms with Crippen molar-refractivity contribution in [3.8, 4) is 0 Å². The summed E-state index contributed by atoms with van der Waals surface area (Å²) in [5.74, 6) is -0.233. The molecule has 1 saturated heterocycles. The van der Waals surface area contributed by atoms with Crippen molar-refractivity contribution < 1.29 is 4.39 Å². The Morgan fingerprint density at radius 1 is 1.33 bits per heavy atom. The maximum atomic E-state index is 13.5. The number of rotatable bonds is 5. The molecule has 1 atom stereocenters. The molecule has 1 aliphatic rings. The van der Waals surface area contributed by atoms with Crippen molar-refractivity contribution in [1.82, 2.24) is 9.80 Å². The first-order chi connectivity index (χ1) is 10.0. The maximum absolute atomic E-state index is 13.5. The molecule has 3 nitrogen and oxygen atoms in total. The molecule has 116 valence electrons. The molecular formula is C16H24FN3S. The lowest BCUT2D eigenvalue weighted by Crippen LogP contribution is -2.49. The van der Waals surface area contributed by atoms with Gasteiger partial charge < -0.3 is 5.73 Å². The Bertz CT molecular complexity index is 498. The first-order valence-corrected chi connectivity index (χ1v) is 7.96. The quantitative estimate of drug-likeness (QED) is 0.847. The summed E-state index contributed by atoms with van der Waals surface area (Å²) in [6, 6.07) is 5.28. The van der Waals surface area contributed by atoms with Gasteiger partial charge in [0.05, 0.1) is 0 Å². The molecule has 1 fully saturated rings. The number of halogens is 1. The molecule has 0 saturated carbocycles. The third-order valence-electron chi connectivity index (χ3n) is 4.35. The number of thiocarbonyl (C=S) groups is 1. The van der Waals surface area contributed by atoms with Crippen molar-refractivity contribution in [2.45, 2.75) is 32.9 Å². The summed E-state index contributed by atoms with van der Waals surface area (Å²) in [5.41, 5.74) is 7.41. The van der Waals surface area contributed by atoms with Crippen LogP contribution in [0.3, 0.4) is 0 Å². The van der Waals surface area contributed by atoms with Gasteiger partial charge in [-0.25, -0.2) is 4.39 Å². The number of nitrogens with zero attached hydrogens (tertiary/aromatic N) is 2. The second-order valence-corrected chi connectivity index (χ2v) is 6.17. The van der Waals surface area contributed by atoms with Crippen LogP contribution in [0.4, 0.5) is 4.39 Å². The van der Waals surface area contributed by atoms with Crippen molar-refractivity contribution in [2.24, 2.45) is 5.73 Å². The van der Waals surface area contributed by atoms with E-state index in [2.05, 4.69) is 23.6 Å². The minimum atomic E-state index is -0.233. The molecular weight excluding hydrogens is 285 g/mol. The summed E-state index contributed by atoms with van der Waals surface area (Å²) in [4.78, 5) is 5.19. The standard InChI is InChI=1S/C16H24FN3S/c1-3-12(2)20-8-6-19(7-9-20)11-13-10-14(17)4-5-15(13)16(18)21/h4-5,10,12H,3,6-9,11H2,1-2H3,(H2,18,21). The lowest BCUT2D eigenvalue weighted by atomic mass is 10.1. The zero-order valence-corrected chi connectivity index (χ0v) is 13.6. The van der Waals surface area contributed by atoms with Crippen LogP contribution in [0, 0.1) is 5.82 Å². The van der Waals surface area contributed by atoms with Crippen LogP contribution in [0.2, 0.25) is 0 Å². The molecule has 5 heteroatoms. The average molecular weight is 309 g/mol. The highest BCUT2D eigenvalue weighted by Gasteiger charge is 2.21. The van der Waals surface area contributed by atoms with Gasteiger partial charge in [-0.1, -0.05) is 19.1 Å². The van der Waals surface area contributed by atoms with Crippen LogP contribution in [0.1, 0.15) is 31.4 Å². The third-order valence-corrected chi connectivity index (χ3v) is 4.57. The highest BCUT2D eigenvalue weighted by molar-refractivity contribution is 7.80. The molecule has 1 unspecified atom stereocenters. The largest absolute Gasteiger partial charge is 0.389 e. The second-order valence-electron chi connectivity index (χ2n) is 5.74. The summed E-state index contributed by atoms with van der Waals surface area (Å²) in [7, 11) is 0. The molecule has 1 aromatic rings. The van der Waals surface area contributed by atoms with Gasteiger partial charge in [0.25, 0.3) is 0 Å². The van der Waals surface area contributed by atoms with Gasteiger partial charge in [0, 0.05) is 44.3 Å². The topological polar surface area (TPSA) is 32.5 Å². The molecule has 0 spiro atoms. The van der Waals surface area contributed by atoms with E-state index in [0.29, 0.717) is 17.6 Å². The van der Waals surface area contributed by atoms with Gasteiger partial charge in [0.15, 0.2) is 0 Å². The van der Waals surface area contributed by atoms with Crippen LogP contribution in [0.25, 0.3) is 0 Å². The molecule has 1 aromatic carbocycles. The maximum Gasteiger partial charge on any atom is 0.123 e. The molecule has 0 bridgehead atoms. The van der Waals surface area contributed by atoms with Crippen LogP contribution in [0.5, 0.6) is 0 Å². The number of hydrogen-bond donors (Lipinski definition) is 1. The molecule has 2 rings (SSSR count). The highest BCUT2D eigenvalue weighted by atomic mass is 32.1. The van der Waals surface area contributed by atoms with E-state index in [9.17, 15) is 4.39 Å². The average Bonchev–Trinajstić information content (AvgIpc) is 2.47. The number of piperazine rings is 1. The van der Waals surface area contributed by atoms with Gasteiger partial charge in [-0.3, -0.25) is 9.80 Å². The van der Waals surface area contributed by atoms with Crippen LogP contribution >= 0.6 is 12.2 Å². The molecule has 0 aromatic heterocycles. The lowest BCUT2D eigenvalue weighted by molar-refractivity contribution is 0.0963.